The molecule has 3 rings (SSSR count). The molecule has 0 radical (unpaired) electrons. The highest BCUT2D eigenvalue weighted by Gasteiger charge is 2.54. The fourth-order valence-electron chi connectivity index (χ4n) is 4.04. The molecule has 0 spiro atoms. The van der Waals surface area contributed by atoms with E-state index >= 15 is 0 Å². The van der Waals surface area contributed by atoms with E-state index in [4.69, 9.17) is 5.73 Å². The molecule has 0 bridgehead atoms. The predicted molar refractivity (Wildman–Crippen MR) is 91.7 cm³/mol. The number of allylic oxidation sites excluding steroid dienone is 4. The number of nitro groups is 1. The lowest BCUT2D eigenvalue weighted by atomic mass is 9.56. The lowest BCUT2D eigenvalue weighted by Gasteiger charge is -2.43. The third-order valence-corrected chi connectivity index (χ3v) is 5.30. The molecule has 0 saturated carbocycles. The lowest BCUT2D eigenvalue weighted by molar-refractivity contribution is -0.384. The number of nitrogens with zero attached hydrogens (tertiary/aromatic N) is 4. The van der Waals surface area contributed by atoms with Crippen molar-refractivity contribution in [2.24, 2.45) is 17.6 Å². The van der Waals surface area contributed by atoms with E-state index in [-0.39, 0.29) is 22.9 Å². The van der Waals surface area contributed by atoms with Gasteiger partial charge in [0, 0.05) is 18.1 Å². The highest BCUT2D eigenvalue weighted by Crippen LogP contribution is 2.52. The van der Waals surface area contributed by atoms with Crippen molar-refractivity contribution in [3.63, 3.8) is 0 Å². The van der Waals surface area contributed by atoms with E-state index in [0.717, 1.165) is 18.4 Å². The highest BCUT2D eigenvalue weighted by molar-refractivity contribution is 5.61. The first kappa shape index (κ1) is 17.2. The largest absolute Gasteiger partial charge is 0.399 e. The number of rotatable bonds is 2. The van der Waals surface area contributed by atoms with E-state index in [1.165, 1.54) is 24.3 Å². The van der Waals surface area contributed by atoms with E-state index in [2.05, 4.69) is 18.2 Å². The molecule has 2 aliphatic carbocycles. The standard InChI is InChI=1S/C19H15N5O2/c20-9-16-14-3-1-2-4-15(14)17(10-21)19(11-22,18(16)23)12-5-7-13(8-6-12)24(25)26/h3,5-8,15,17H,1-2,4,23H2/t15-,17+,19-/m1/s1. The van der Waals surface area contributed by atoms with Gasteiger partial charge in [0.1, 0.15) is 11.5 Å². The number of non-ortho nitro benzene ring substituents is 1. The summed E-state index contributed by atoms with van der Waals surface area (Å²) < 4.78 is 0. The molecule has 0 unspecified atom stereocenters. The van der Waals surface area contributed by atoms with Gasteiger partial charge in [0.15, 0.2) is 0 Å². The van der Waals surface area contributed by atoms with Gasteiger partial charge in [-0.15, -0.1) is 0 Å². The average molecular weight is 345 g/mol. The molecule has 2 N–H and O–H groups in total. The van der Waals surface area contributed by atoms with Gasteiger partial charge < -0.3 is 5.73 Å². The molecular formula is C19H15N5O2. The molecule has 1 aromatic rings. The van der Waals surface area contributed by atoms with E-state index in [1.54, 1.807) is 0 Å². The van der Waals surface area contributed by atoms with Crippen molar-refractivity contribution < 1.29 is 4.92 Å². The topological polar surface area (TPSA) is 141 Å². The SMILES string of the molecule is N#CC1=C(N)[C@](C#N)(c2ccc([N+](=O)[O-])cc2)[C@@H](C#N)[C@@H]2CCCC=C12. The molecule has 0 aliphatic heterocycles. The summed E-state index contributed by atoms with van der Waals surface area (Å²) >= 11 is 0. The second-order valence-corrected chi connectivity index (χ2v) is 6.43. The maximum Gasteiger partial charge on any atom is 0.269 e. The lowest BCUT2D eigenvalue weighted by Crippen LogP contribution is -2.47. The number of fused-ring (bicyclic) bond motifs is 1. The van der Waals surface area contributed by atoms with Gasteiger partial charge in [-0.25, -0.2) is 0 Å². The third-order valence-electron chi connectivity index (χ3n) is 5.30. The average Bonchev–Trinajstić information content (AvgIpc) is 2.67. The van der Waals surface area contributed by atoms with Crippen LogP contribution in [0.2, 0.25) is 0 Å². The van der Waals surface area contributed by atoms with Crippen LogP contribution in [0.25, 0.3) is 0 Å². The summed E-state index contributed by atoms with van der Waals surface area (Å²) in [5.74, 6) is -1.02. The minimum atomic E-state index is -1.51. The van der Waals surface area contributed by atoms with Gasteiger partial charge in [-0.1, -0.05) is 18.2 Å². The zero-order valence-electron chi connectivity index (χ0n) is 13.8. The Morgan fingerprint density at radius 1 is 1.23 bits per heavy atom. The molecule has 0 fully saturated rings. The number of nitro benzene ring substituents is 1. The van der Waals surface area contributed by atoms with Crippen molar-refractivity contribution >= 4 is 5.69 Å². The molecule has 0 heterocycles. The number of nitrogens with two attached hydrogens (primary N) is 1. The van der Waals surface area contributed by atoms with Crippen LogP contribution in [0.5, 0.6) is 0 Å². The zero-order chi connectivity index (χ0) is 18.9. The van der Waals surface area contributed by atoms with Gasteiger partial charge in [0.25, 0.3) is 5.69 Å². The van der Waals surface area contributed by atoms with E-state index in [0.29, 0.717) is 12.0 Å². The minimum absolute atomic E-state index is 0.0484. The Balaban J connectivity index is 2.30. The second kappa shape index (κ2) is 6.35. The van der Waals surface area contributed by atoms with E-state index < -0.39 is 16.3 Å². The van der Waals surface area contributed by atoms with Crippen LogP contribution in [0, 0.1) is 55.9 Å². The van der Waals surface area contributed by atoms with Crippen LogP contribution in [0.3, 0.4) is 0 Å². The van der Waals surface area contributed by atoms with Gasteiger partial charge in [-0.05, 0) is 30.4 Å². The Kier molecular flexibility index (Phi) is 4.20. The Bertz CT molecular complexity index is 956. The first-order chi connectivity index (χ1) is 12.5. The number of benzene rings is 1. The van der Waals surface area contributed by atoms with E-state index in [9.17, 15) is 25.9 Å². The van der Waals surface area contributed by atoms with Crippen LogP contribution in [0.15, 0.2) is 47.2 Å². The quantitative estimate of drug-likeness (QED) is 0.645. The number of hydrogen-bond acceptors (Lipinski definition) is 6. The molecule has 7 heteroatoms. The highest BCUT2D eigenvalue weighted by atomic mass is 16.6. The molecule has 7 nitrogen and oxygen atoms in total. The summed E-state index contributed by atoms with van der Waals surface area (Å²) in [4.78, 5) is 10.4. The van der Waals surface area contributed by atoms with Crippen LogP contribution < -0.4 is 5.73 Å². The van der Waals surface area contributed by atoms with E-state index in [1.807, 2.05) is 6.08 Å². The third kappa shape index (κ3) is 2.24. The second-order valence-electron chi connectivity index (χ2n) is 6.43. The normalized spacial score (nSPS) is 27.3. The predicted octanol–water partition coefficient (Wildman–Crippen LogP) is 2.97. The molecule has 128 valence electrons. The zero-order valence-corrected chi connectivity index (χ0v) is 13.8. The van der Waals surface area contributed by atoms with Gasteiger partial charge in [-0.3, -0.25) is 10.1 Å². The maximum absolute atomic E-state index is 10.9. The van der Waals surface area contributed by atoms with Crippen LogP contribution >= 0.6 is 0 Å². The van der Waals surface area contributed by atoms with Gasteiger partial charge >= 0.3 is 0 Å². The fraction of sp³-hybridized carbons (Fsp3) is 0.316. The molecule has 1 aromatic carbocycles. The molecule has 3 atom stereocenters. The molecule has 0 aromatic heterocycles. The van der Waals surface area contributed by atoms with Gasteiger partial charge in [0.05, 0.1) is 34.2 Å². The summed E-state index contributed by atoms with van der Waals surface area (Å²) in [6, 6.07) is 12.0. The summed E-state index contributed by atoms with van der Waals surface area (Å²) in [6.45, 7) is 0. The van der Waals surface area contributed by atoms with Crippen LogP contribution in [-0.2, 0) is 5.41 Å². The number of hydrogen-bond donors (Lipinski definition) is 1. The molecule has 26 heavy (non-hydrogen) atoms. The molecule has 2 aliphatic rings. The number of nitriles is 3. The molecule has 0 saturated heterocycles. The Labute approximate surface area is 150 Å². The Morgan fingerprint density at radius 3 is 2.46 bits per heavy atom. The maximum atomic E-state index is 10.9. The van der Waals surface area contributed by atoms with Crippen molar-refractivity contribution in [2.75, 3.05) is 0 Å². The summed E-state index contributed by atoms with van der Waals surface area (Å²) in [7, 11) is 0. The summed E-state index contributed by atoms with van der Waals surface area (Å²) in [5.41, 5.74) is 6.11. The van der Waals surface area contributed by atoms with Crippen molar-refractivity contribution in [1.29, 1.82) is 15.8 Å². The van der Waals surface area contributed by atoms with Crippen molar-refractivity contribution in [1.82, 2.24) is 0 Å². The first-order valence-electron chi connectivity index (χ1n) is 8.17. The summed E-state index contributed by atoms with van der Waals surface area (Å²) in [6.07, 6.45) is 4.30. The fourth-order valence-corrected chi connectivity index (χ4v) is 4.04. The van der Waals surface area contributed by atoms with Gasteiger partial charge in [0.2, 0.25) is 0 Å². The van der Waals surface area contributed by atoms with Crippen molar-refractivity contribution in [3.05, 3.63) is 62.9 Å². The minimum Gasteiger partial charge on any atom is -0.399 e. The Morgan fingerprint density at radius 2 is 1.92 bits per heavy atom. The van der Waals surface area contributed by atoms with Crippen LogP contribution in [0.1, 0.15) is 24.8 Å². The monoisotopic (exact) mass is 345 g/mol. The first-order valence-corrected chi connectivity index (χ1v) is 8.17. The van der Waals surface area contributed by atoms with Crippen molar-refractivity contribution in [3.8, 4) is 18.2 Å². The Hall–Kier alpha value is -3.63. The van der Waals surface area contributed by atoms with Crippen molar-refractivity contribution in [2.45, 2.75) is 24.7 Å². The van der Waals surface area contributed by atoms with Gasteiger partial charge in [-0.2, -0.15) is 15.8 Å². The van der Waals surface area contributed by atoms with Crippen LogP contribution in [-0.4, -0.2) is 4.92 Å². The molecular weight excluding hydrogens is 330 g/mol. The summed E-state index contributed by atoms with van der Waals surface area (Å²) in [5, 5.41) is 40.5. The molecule has 0 amide bonds. The van der Waals surface area contributed by atoms with Crippen LogP contribution in [0.4, 0.5) is 5.69 Å². The smallest absolute Gasteiger partial charge is 0.269 e.